The summed E-state index contributed by atoms with van der Waals surface area (Å²) < 4.78 is 36.8. The lowest BCUT2D eigenvalue weighted by molar-refractivity contribution is -0.149. The minimum absolute atomic E-state index is 0.242. The Kier molecular flexibility index (Phi) is 8.68. The van der Waals surface area contributed by atoms with Gasteiger partial charge in [0.2, 0.25) is 0 Å². The number of nitrogens with zero attached hydrogens (tertiary/aromatic N) is 1. The van der Waals surface area contributed by atoms with Gasteiger partial charge in [0.15, 0.2) is 6.23 Å². The summed E-state index contributed by atoms with van der Waals surface area (Å²) >= 11 is 0. The van der Waals surface area contributed by atoms with Gasteiger partial charge in [0.25, 0.3) is 5.56 Å². The van der Waals surface area contributed by atoms with Gasteiger partial charge in [-0.3, -0.25) is 23.7 Å². The van der Waals surface area contributed by atoms with Crippen molar-refractivity contribution in [3.05, 3.63) is 63.4 Å². The van der Waals surface area contributed by atoms with Crippen LogP contribution in [0.2, 0.25) is 0 Å². The maximum atomic E-state index is 13.6. The summed E-state index contributed by atoms with van der Waals surface area (Å²) in [4.78, 5) is 37.9. The molecule has 13 heteroatoms. The lowest BCUT2D eigenvalue weighted by Crippen LogP contribution is -2.37. The van der Waals surface area contributed by atoms with E-state index in [-0.39, 0.29) is 18.5 Å². The number of aromatic amines is 1. The van der Waals surface area contributed by atoms with Crippen molar-refractivity contribution < 1.29 is 33.0 Å². The van der Waals surface area contributed by atoms with Crippen LogP contribution < -0.4 is 20.9 Å². The van der Waals surface area contributed by atoms with Crippen molar-refractivity contribution in [2.24, 2.45) is 5.92 Å². The van der Waals surface area contributed by atoms with Crippen molar-refractivity contribution in [3.63, 3.8) is 0 Å². The monoisotopic (exact) mass is 511 g/mol. The zero-order valence-electron chi connectivity index (χ0n) is 19.8. The number of benzene rings is 1. The quantitative estimate of drug-likeness (QED) is 0.316. The first-order valence-corrected chi connectivity index (χ1v) is 12.7. The predicted molar refractivity (Wildman–Crippen MR) is 125 cm³/mol. The molecule has 0 bridgehead atoms. The third-order valence-corrected chi connectivity index (χ3v) is 6.94. The van der Waals surface area contributed by atoms with Gasteiger partial charge in [-0.1, -0.05) is 25.1 Å². The van der Waals surface area contributed by atoms with Crippen molar-refractivity contribution in [1.29, 1.82) is 0 Å². The molecule has 1 fully saturated rings. The number of aliphatic hydroxyl groups is 1. The number of carbonyl (C=O) groups excluding carboxylic acids is 1. The van der Waals surface area contributed by atoms with Crippen molar-refractivity contribution in [3.8, 4) is 5.75 Å². The first-order chi connectivity index (χ1) is 16.5. The zero-order chi connectivity index (χ0) is 25.8. The Morgan fingerprint density at radius 2 is 1.91 bits per heavy atom. The second-order valence-corrected chi connectivity index (χ2v) is 10.2. The van der Waals surface area contributed by atoms with E-state index >= 15 is 0 Å². The molecule has 0 aliphatic carbocycles. The molecule has 1 aromatic heterocycles. The summed E-state index contributed by atoms with van der Waals surface area (Å²) in [5, 5.41) is 13.2. The molecule has 0 amide bonds. The van der Waals surface area contributed by atoms with Gasteiger partial charge in [-0.2, -0.15) is 5.09 Å². The molecular formula is C22H30N3O9P. The number of H-pyrrole nitrogens is 1. The maximum absolute atomic E-state index is 13.6. The van der Waals surface area contributed by atoms with Gasteiger partial charge in [0.1, 0.15) is 17.9 Å². The molecule has 12 nitrogen and oxygen atoms in total. The number of rotatable bonds is 10. The van der Waals surface area contributed by atoms with Crippen molar-refractivity contribution in [2.45, 2.75) is 58.3 Å². The maximum Gasteiger partial charge on any atom is 0.459 e. The molecule has 1 aliphatic rings. The third kappa shape index (κ3) is 6.89. The van der Waals surface area contributed by atoms with Crippen LogP contribution in [0.5, 0.6) is 5.75 Å². The summed E-state index contributed by atoms with van der Waals surface area (Å²) in [6.45, 7) is 6.22. The number of hydrogen-bond donors (Lipinski definition) is 3. The van der Waals surface area contributed by atoms with Crippen molar-refractivity contribution in [1.82, 2.24) is 14.6 Å². The first-order valence-electron chi connectivity index (χ1n) is 11.1. The zero-order valence-corrected chi connectivity index (χ0v) is 20.7. The van der Waals surface area contributed by atoms with Gasteiger partial charge in [-0.25, -0.2) is 9.36 Å². The average molecular weight is 511 g/mol. The molecule has 0 radical (unpaired) electrons. The summed E-state index contributed by atoms with van der Waals surface area (Å²) in [6, 6.07) is 8.38. The first kappa shape index (κ1) is 26.8. The molecule has 1 unspecified atom stereocenters. The van der Waals surface area contributed by atoms with Crippen molar-refractivity contribution >= 4 is 13.7 Å². The van der Waals surface area contributed by atoms with Crippen LogP contribution in [0.4, 0.5) is 0 Å². The molecule has 0 saturated carbocycles. The molecule has 1 saturated heterocycles. The van der Waals surface area contributed by atoms with Gasteiger partial charge in [0.05, 0.1) is 18.8 Å². The van der Waals surface area contributed by atoms with Crippen LogP contribution in [0.3, 0.4) is 0 Å². The molecule has 2 heterocycles. The molecule has 35 heavy (non-hydrogen) atoms. The Hall–Kier alpha value is -2.76. The van der Waals surface area contributed by atoms with E-state index in [4.69, 9.17) is 18.5 Å². The molecule has 1 aromatic carbocycles. The minimum Gasteiger partial charge on any atom is -0.462 e. The number of para-hydroxylation sites is 1. The molecule has 2 aromatic rings. The van der Waals surface area contributed by atoms with Gasteiger partial charge < -0.3 is 19.1 Å². The summed E-state index contributed by atoms with van der Waals surface area (Å²) in [5.74, 6) is -0.933. The van der Waals surface area contributed by atoms with Gasteiger partial charge in [-0.15, -0.1) is 0 Å². The van der Waals surface area contributed by atoms with Crippen LogP contribution in [0.15, 0.2) is 52.2 Å². The van der Waals surface area contributed by atoms with E-state index in [0.29, 0.717) is 0 Å². The predicted octanol–water partition coefficient (Wildman–Crippen LogP) is 1.56. The third-order valence-electron chi connectivity index (χ3n) is 5.29. The number of aliphatic hydroxyl groups excluding tert-OH is 1. The Morgan fingerprint density at radius 1 is 1.23 bits per heavy atom. The largest absolute Gasteiger partial charge is 0.462 e. The second-order valence-electron chi connectivity index (χ2n) is 8.47. The number of hydrogen-bond acceptors (Lipinski definition) is 9. The highest BCUT2D eigenvalue weighted by Gasteiger charge is 2.44. The van der Waals surface area contributed by atoms with Crippen LogP contribution >= 0.6 is 7.75 Å². The Bertz CT molecular complexity index is 1170. The fourth-order valence-electron chi connectivity index (χ4n) is 3.42. The number of esters is 1. The highest BCUT2D eigenvalue weighted by molar-refractivity contribution is 7.52. The van der Waals surface area contributed by atoms with Crippen LogP contribution in [0, 0.1) is 5.92 Å². The molecule has 6 atom stereocenters. The van der Waals surface area contributed by atoms with Gasteiger partial charge >= 0.3 is 19.4 Å². The fraction of sp³-hybridized carbons (Fsp3) is 0.500. The smallest absolute Gasteiger partial charge is 0.459 e. The molecule has 0 spiro atoms. The van der Waals surface area contributed by atoms with E-state index < -0.39 is 55.4 Å². The molecule has 1 aliphatic heterocycles. The molecule has 3 rings (SSSR count). The van der Waals surface area contributed by atoms with Crippen LogP contribution in [-0.4, -0.2) is 51.6 Å². The highest BCUT2D eigenvalue weighted by Crippen LogP contribution is 2.46. The van der Waals surface area contributed by atoms with E-state index in [1.165, 1.54) is 13.1 Å². The van der Waals surface area contributed by atoms with E-state index in [9.17, 15) is 24.1 Å². The minimum atomic E-state index is -4.13. The Morgan fingerprint density at radius 3 is 2.54 bits per heavy atom. The lowest BCUT2D eigenvalue weighted by Gasteiger charge is -2.25. The number of nitrogens with one attached hydrogen (secondary N) is 2. The van der Waals surface area contributed by atoms with Gasteiger partial charge in [-0.05, 0) is 32.9 Å². The standard InChI is InChI=1S/C22H30N3O9P/c1-13(2)32-21(28)15(4)24-35(30,34-16-8-6-5-7-9-16)31-12-17-14(3)19(27)20(33-17)25-11-10-18(26)23-22(25)29/h5-11,13-15,17,19-20,27H,12H2,1-4H3,(H,24,30)(H,23,26,29)/t14-,15+,17-,19-,20-,35?/m1/s1. The molecule has 192 valence electrons. The normalized spacial score (nSPS) is 24.6. The number of ether oxygens (including phenoxy) is 2. The Labute approximate surface area is 201 Å². The Balaban J connectivity index is 1.75. The summed E-state index contributed by atoms with van der Waals surface area (Å²) in [5.41, 5.74) is -1.32. The molecule has 3 N–H and O–H groups in total. The van der Waals surface area contributed by atoms with Crippen molar-refractivity contribution in [2.75, 3.05) is 6.61 Å². The topological polar surface area (TPSA) is 158 Å². The molecular weight excluding hydrogens is 481 g/mol. The average Bonchev–Trinajstić information content (AvgIpc) is 3.06. The van der Waals surface area contributed by atoms with E-state index in [1.54, 1.807) is 51.1 Å². The van der Waals surface area contributed by atoms with Crippen LogP contribution in [-0.2, 0) is 23.4 Å². The fourth-order valence-corrected chi connectivity index (χ4v) is 4.92. The van der Waals surface area contributed by atoms with Crippen LogP contribution in [0.1, 0.15) is 33.9 Å². The van der Waals surface area contributed by atoms with Crippen LogP contribution in [0.25, 0.3) is 0 Å². The highest BCUT2D eigenvalue weighted by atomic mass is 31.2. The van der Waals surface area contributed by atoms with E-state index in [1.807, 2.05) is 0 Å². The lowest BCUT2D eigenvalue weighted by atomic mass is 10.0. The second kappa shape index (κ2) is 11.3. The van der Waals surface area contributed by atoms with E-state index in [2.05, 4.69) is 10.1 Å². The summed E-state index contributed by atoms with van der Waals surface area (Å²) in [7, 11) is -4.13. The summed E-state index contributed by atoms with van der Waals surface area (Å²) in [6.07, 6.45) is -2.15. The number of aromatic nitrogens is 2. The SMILES string of the molecule is CC(C)OC(=O)[C@H](C)NP(=O)(OC[C@H]1O[C@@H](n2ccc(=O)[nH]c2=O)[C@H](O)[C@@H]1C)Oc1ccccc1. The van der Waals surface area contributed by atoms with Gasteiger partial charge in [0, 0.05) is 18.2 Å². The van der Waals surface area contributed by atoms with E-state index in [0.717, 1.165) is 10.6 Å². The number of carbonyl (C=O) groups is 1.